The van der Waals surface area contributed by atoms with Crippen LogP contribution in [0.4, 0.5) is 4.39 Å². The van der Waals surface area contributed by atoms with E-state index in [0.717, 1.165) is 11.1 Å². The molecular weight excluding hydrogens is 217 g/mol. The molecule has 17 heavy (non-hydrogen) atoms. The fourth-order valence-electron chi connectivity index (χ4n) is 1.76. The monoisotopic (exact) mass is 231 g/mol. The molecule has 1 N–H and O–H groups in total. The highest BCUT2D eigenvalue weighted by molar-refractivity contribution is 5.32. The maximum absolute atomic E-state index is 13.7. The summed E-state index contributed by atoms with van der Waals surface area (Å²) in [6, 6.07) is 6.61. The molecule has 1 aromatic carbocycles. The van der Waals surface area contributed by atoms with Crippen molar-refractivity contribution in [2.45, 2.75) is 20.0 Å². The van der Waals surface area contributed by atoms with Gasteiger partial charge in [0.1, 0.15) is 11.9 Å². The number of hydrogen-bond acceptors (Lipinski definition) is 2. The van der Waals surface area contributed by atoms with Gasteiger partial charge in [-0.2, -0.15) is 0 Å². The molecule has 3 heteroatoms. The second-order valence-corrected chi connectivity index (χ2v) is 4.22. The summed E-state index contributed by atoms with van der Waals surface area (Å²) in [5.41, 5.74) is 2.66. The van der Waals surface area contributed by atoms with Crippen LogP contribution in [0.1, 0.15) is 28.4 Å². The summed E-state index contributed by atoms with van der Waals surface area (Å²) in [7, 11) is 0. The number of aliphatic hydroxyl groups excluding tert-OH is 1. The van der Waals surface area contributed by atoms with Crippen LogP contribution in [0.15, 0.2) is 36.7 Å². The molecule has 0 aliphatic rings. The van der Waals surface area contributed by atoms with Crippen molar-refractivity contribution < 1.29 is 9.50 Å². The molecule has 1 heterocycles. The van der Waals surface area contributed by atoms with E-state index in [1.165, 1.54) is 6.07 Å². The van der Waals surface area contributed by atoms with E-state index in [2.05, 4.69) is 4.98 Å². The molecule has 0 spiro atoms. The van der Waals surface area contributed by atoms with Gasteiger partial charge in [-0.1, -0.05) is 18.2 Å². The molecule has 0 saturated heterocycles. The minimum Gasteiger partial charge on any atom is -0.383 e. The lowest BCUT2D eigenvalue weighted by molar-refractivity contribution is 0.214. The molecule has 1 atom stereocenters. The normalized spacial score (nSPS) is 12.5. The third-order valence-corrected chi connectivity index (χ3v) is 2.66. The zero-order valence-corrected chi connectivity index (χ0v) is 9.81. The van der Waals surface area contributed by atoms with E-state index in [1.807, 2.05) is 13.8 Å². The van der Waals surface area contributed by atoms with Gasteiger partial charge in [0, 0.05) is 23.5 Å². The van der Waals surface area contributed by atoms with Crippen LogP contribution in [-0.4, -0.2) is 10.1 Å². The van der Waals surface area contributed by atoms with Crippen molar-refractivity contribution in [3.8, 4) is 0 Å². The largest absolute Gasteiger partial charge is 0.383 e. The molecule has 2 rings (SSSR count). The molecule has 0 amide bonds. The van der Waals surface area contributed by atoms with Crippen LogP contribution in [0.25, 0.3) is 0 Å². The number of aromatic nitrogens is 1. The standard InChI is InChI=1S/C14H14FNO/c1-9-3-4-12(13(15)6-9)14(17)11-5-10(2)7-16-8-11/h3-8,14,17H,1-2H3. The Morgan fingerprint density at radius 2 is 1.88 bits per heavy atom. The first kappa shape index (κ1) is 11.7. The number of rotatable bonds is 2. The zero-order chi connectivity index (χ0) is 12.4. The van der Waals surface area contributed by atoms with Gasteiger partial charge in [0.15, 0.2) is 0 Å². The molecule has 0 radical (unpaired) electrons. The lowest BCUT2D eigenvalue weighted by Crippen LogP contribution is -2.03. The summed E-state index contributed by atoms with van der Waals surface area (Å²) in [6.45, 7) is 3.70. The maximum Gasteiger partial charge on any atom is 0.129 e. The van der Waals surface area contributed by atoms with Gasteiger partial charge in [-0.15, -0.1) is 0 Å². The Labute approximate surface area is 99.8 Å². The van der Waals surface area contributed by atoms with Gasteiger partial charge >= 0.3 is 0 Å². The van der Waals surface area contributed by atoms with Crippen LogP contribution in [-0.2, 0) is 0 Å². The zero-order valence-electron chi connectivity index (χ0n) is 9.81. The first-order valence-corrected chi connectivity index (χ1v) is 5.43. The highest BCUT2D eigenvalue weighted by atomic mass is 19.1. The molecular formula is C14H14FNO. The van der Waals surface area contributed by atoms with Crippen molar-refractivity contribution in [3.05, 3.63) is 64.7 Å². The summed E-state index contributed by atoms with van der Waals surface area (Å²) in [5.74, 6) is -0.390. The number of aryl methyl sites for hydroxylation is 2. The predicted molar refractivity (Wildman–Crippen MR) is 64.2 cm³/mol. The molecule has 0 saturated carbocycles. The van der Waals surface area contributed by atoms with Crippen LogP contribution in [0.3, 0.4) is 0 Å². The predicted octanol–water partition coefficient (Wildman–Crippen LogP) is 2.92. The second kappa shape index (κ2) is 4.63. The van der Waals surface area contributed by atoms with Crippen LogP contribution in [0.5, 0.6) is 0 Å². The molecule has 1 unspecified atom stereocenters. The van der Waals surface area contributed by atoms with Gasteiger partial charge in [-0.25, -0.2) is 4.39 Å². The van der Waals surface area contributed by atoms with Gasteiger partial charge in [0.05, 0.1) is 0 Å². The van der Waals surface area contributed by atoms with Gasteiger partial charge in [-0.3, -0.25) is 4.98 Å². The summed E-state index contributed by atoms with van der Waals surface area (Å²) < 4.78 is 13.7. The third-order valence-electron chi connectivity index (χ3n) is 2.66. The Morgan fingerprint density at radius 1 is 1.12 bits per heavy atom. The van der Waals surface area contributed by atoms with Crippen LogP contribution >= 0.6 is 0 Å². The average molecular weight is 231 g/mol. The molecule has 0 bridgehead atoms. The number of pyridine rings is 1. The highest BCUT2D eigenvalue weighted by Gasteiger charge is 2.15. The third kappa shape index (κ3) is 2.50. The smallest absolute Gasteiger partial charge is 0.129 e. The molecule has 2 aromatic rings. The molecule has 1 aromatic heterocycles. The summed E-state index contributed by atoms with van der Waals surface area (Å²) >= 11 is 0. The minimum atomic E-state index is -0.969. The van der Waals surface area contributed by atoms with E-state index in [4.69, 9.17) is 0 Å². The molecule has 88 valence electrons. The van der Waals surface area contributed by atoms with Crippen molar-refractivity contribution in [3.63, 3.8) is 0 Å². The number of halogens is 1. The summed E-state index contributed by atoms with van der Waals surface area (Å²) in [5, 5.41) is 10.1. The lowest BCUT2D eigenvalue weighted by atomic mass is 10.0. The van der Waals surface area contributed by atoms with Crippen molar-refractivity contribution >= 4 is 0 Å². The second-order valence-electron chi connectivity index (χ2n) is 4.22. The number of benzene rings is 1. The van der Waals surface area contributed by atoms with E-state index < -0.39 is 6.10 Å². The lowest BCUT2D eigenvalue weighted by Gasteiger charge is -2.12. The number of hydrogen-bond donors (Lipinski definition) is 1. The quantitative estimate of drug-likeness (QED) is 0.862. The molecule has 2 nitrogen and oxygen atoms in total. The van der Waals surface area contributed by atoms with Gasteiger partial charge in [0.25, 0.3) is 0 Å². The van der Waals surface area contributed by atoms with Crippen LogP contribution in [0, 0.1) is 19.7 Å². The van der Waals surface area contributed by atoms with Gasteiger partial charge in [0.2, 0.25) is 0 Å². The van der Waals surface area contributed by atoms with Crippen molar-refractivity contribution in [1.82, 2.24) is 4.98 Å². The number of aliphatic hydroxyl groups is 1. The fraction of sp³-hybridized carbons (Fsp3) is 0.214. The van der Waals surface area contributed by atoms with Crippen LogP contribution in [0.2, 0.25) is 0 Å². The van der Waals surface area contributed by atoms with Gasteiger partial charge < -0.3 is 5.11 Å². The maximum atomic E-state index is 13.7. The Hall–Kier alpha value is -1.74. The first-order chi connectivity index (χ1) is 8.08. The van der Waals surface area contributed by atoms with Gasteiger partial charge in [-0.05, 0) is 31.0 Å². The van der Waals surface area contributed by atoms with Crippen molar-refractivity contribution in [2.75, 3.05) is 0 Å². The Kier molecular flexibility index (Phi) is 3.20. The summed E-state index contributed by atoms with van der Waals surface area (Å²) in [4.78, 5) is 4.00. The SMILES string of the molecule is Cc1cncc(C(O)c2ccc(C)cc2F)c1. The Morgan fingerprint density at radius 3 is 2.53 bits per heavy atom. The molecule has 0 fully saturated rings. The average Bonchev–Trinajstić information content (AvgIpc) is 2.28. The Balaban J connectivity index is 2.40. The highest BCUT2D eigenvalue weighted by Crippen LogP contribution is 2.24. The van der Waals surface area contributed by atoms with E-state index in [1.54, 1.807) is 30.6 Å². The van der Waals surface area contributed by atoms with Crippen LogP contribution < -0.4 is 0 Å². The summed E-state index contributed by atoms with van der Waals surface area (Å²) in [6.07, 6.45) is 2.28. The fourth-order valence-corrected chi connectivity index (χ4v) is 1.76. The first-order valence-electron chi connectivity index (χ1n) is 5.43. The molecule has 0 aliphatic heterocycles. The van der Waals surface area contributed by atoms with E-state index >= 15 is 0 Å². The van der Waals surface area contributed by atoms with Crippen molar-refractivity contribution in [1.29, 1.82) is 0 Å². The van der Waals surface area contributed by atoms with Crippen molar-refractivity contribution in [2.24, 2.45) is 0 Å². The topological polar surface area (TPSA) is 33.1 Å². The molecule has 0 aliphatic carbocycles. The number of nitrogens with zero attached hydrogens (tertiary/aromatic N) is 1. The van der Waals surface area contributed by atoms with E-state index in [-0.39, 0.29) is 11.4 Å². The van der Waals surface area contributed by atoms with E-state index in [0.29, 0.717) is 5.56 Å². The van der Waals surface area contributed by atoms with E-state index in [9.17, 15) is 9.50 Å². The Bertz CT molecular complexity index is 539. The minimum absolute atomic E-state index is 0.281.